The zero-order valence-electron chi connectivity index (χ0n) is 10.1. The van der Waals surface area contributed by atoms with Gasteiger partial charge in [-0.2, -0.15) is 13.2 Å². The minimum atomic E-state index is -4.43. The first-order valence-corrected chi connectivity index (χ1v) is 5.45. The Labute approximate surface area is 103 Å². The normalized spacial score (nSPS) is 11.2. The van der Waals surface area contributed by atoms with E-state index in [9.17, 15) is 13.2 Å². The Morgan fingerprint density at radius 3 is 2.39 bits per heavy atom. The third-order valence-corrected chi connectivity index (χ3v) is 2.14. The number of halogens is 3. The van der Waals surface area contributed by atoms with E-state index in [0.717, 1.165) is 12.1 Å². The molecule has 3 nitrogen and oxygen atoms in total. The van der Waals surface area contributed by atoms with Gasteiger partial charge in [0.05, 0.1) is 24.3 Å². The van der Waals surface area contributed by atoms with E-state index >= 15 is 0 Å². The first kappa shape index (κ1) is 14.3. The monoisotopic (exact) mass is 261 g/mol. The summed E-state index contributed by atoms with van der Waals surface area (Å²) in [6.07, 6.45) is -4.43. The summed E-state index contributed by atoms with van der Waals surface area (Å²) in [4.78, 5) is 0. The molecule has 0 aliphatic carbocycles. The van der Waals surface area contributed by atoms with Crippen molar-refractivity contribution in [2.45, 2.75) is 20.0 Å². The summed E-state index contributed by atoms with van der Waals surface area (Å²) in [6, 6.07) is 2.98. The van der Waals surface area contributed by atoms with Crippen molar-refractivity contribution in [2.75, 3.05) is 13.2 Å². The molecule has 1 aromatic rings. The maximum Gasteiger partial charge on any atom is 0.416 e. The molecular formula is C12H14F3NO2. The number of benzene rings is 1. The van der Waals surface area contributed by atoms with Gasteiger partial charge in [-0.05, 0) is 32.0 Å². The molecule has 100 valence electrons. The molecule has 0 bridgehead atoms. The number of hydrogen-bond donors (Lipinski definition) is 1. The van der Waals surface area contributed by atoms with Gasteiger partial charge < -0.3 is 9.47 Å². The van der Waals surface area contributed by atoms with Gasteiger partial charge in [-0.25, -0.2) is 0 Å². The molecule has 0 heterocycles. The Balaban J connectivity index is 3.16. The molecule has 6 heteroatoms. The predicted octanol–water partition coefficient (Wildman–Crippen LogP) is 3.47. The molecule has 0 saturated carbocycles. The highest BCUT2D eigenvalue weighted by Gasteiger charge is 2.31. The van der Waals surface area contributed by atoms with Crippen molar-refractivity contribution in [1.82, 2.24) is 0 Å². The second kappa shape index (κ2) is 5.75. The fourth-order valence-corrected chi connectivity index (χ4v) is 1.38. The Kier molecular flexibility index (Phi) is 4.58. The second-order valence-corrected chi connectivity index (χ2v) is 3.40. The molecule has 0 aromatic heterocycles. The van der Waals surface area contributed by atoms with Crippen LogP contribution in [-0.2, 0) is 10.9 Å². The molecule has 0 spiro atoms. The third kappa shape index (κ3) is 3.38. The first-order chi connectivity index (χ1) is 8.40. The van der Waals surface area contributed by atoms with E-state index in [-0.39, 0.29) is 30.4 Å². The van der Waals surface area contributed by atoms with Crippen molar-refractivity contribution in [2.24, 2.45) is 0 Å². The highest BCUT2D eigenvalue weighted by molar-refractivity contribution is 5.94. The summed E-state index contributed by atoms with van der Waals surface area (Å²) in [6.45, 7) is 3.84. The summed E-state index contributed by atoms with van der Waals surface area (Å²) in [5, 5.41) is 7.59. The summed E-state index contributed by atoms with van der Waals surface area (Å²) in [7, 11) is 0. The molecule has 1 aromatic carbocycles. The Hall–Kier alpha value is -1.72. The topological polar surface area (TPSA) is 42.3 Å². The van der Waals surface area contributed by atoms with Crippen molar-refractivity contribution in [3.63, 3.8) is 0 Å². The van der Waals surface area contributed by atoms with Crippen LogP contribution in [0.1, 0.15) is 25.0 Å². The summed E-state index contributed by atoms with van der Waals surface area (Å²) in [5.74, 6) is -0.194. The highest BCUT2D eigenvalue weighted by Crippen LogP contribution is 2.33. The van der Waals surface area contributed by atoms with Crippen LogP contribution in [0.3, 0.4) is 0 Å². The van der Waals surface area contributed by atoms with Gasteiger partial charge in [0.15, 0.2) is 0 Å². The van der Waals surface area contributed by atoms with Crippen LogP contribution in [0.5, 0.6) is 5.75 Å². The third-order valence-electron chi connectivity index (χ3n) is 2.14. The number of hydrogen-bond acceptors (Lipinski definition) is 3. The highest BCUT2D eigenvalue weighted by atomic mass is 19.4. The largest absolute Gasteiger partial charge is 0.493 e. The fourth-order valence-electron chi connectivity index (χ4n) is 1.38. The van der Waals surface area contributed by atoms with Crippen molar-refractivity contribution < 1.29 is 22.6 Å². The maximum atomic E-state index is 12.5. The van der Waals surface area contributed by atoms with E-state index in [4.69, 9.17) is 14.9 Å². The van der Waals surface area contributed by atoms with Crippen molar-refractivity contribution >= 4 is 5.90 Å². The lowest BCUT2D eigenvalue weighted by Gasteiger charge is -2.14. The molecule has 0 radical (unpaired) electrons. The smallest absolute Gasteiger partial charge is 0.416 e. The van der Waals surface area contributed by atoms with Crippen molar-refractivity contribution in [3.8, 4) is 5.75 Å². The molecule has 1 N–H and O–H groups in total. The zero-order valence-corrected chi connectivity index (χ0v) is 10.1. The number of ether oxygens (including phenoxy) is 2. The van der Waals surface area contributed by atoms with Crippen molar-refractivity contribution in [3.05, 3.63) is 29.3 Å². The van der Waals surface area contributed by atoms with E-state index in [0.29, 0.717) is 0 Å². The van der Waals surface area contributed by atoms with Gasteiger partial charge in [0.2, 0.25) is 5.90 Å². The van der Waals surface area contributed by atoms with E-state index in [1.807, 2.05) is 0 Å². The van der Waals surface area contributed by atoms with Gasteiger partial charge in [0, 0.05) is 0 Å². The van der Waals surface area contributed by atoms with E-state index < -0.39 is 11.7 Å². The Morgan fingerprint density at radius 1 is 1.22 bits per heavy atom. The molecule has 0 atom stereocenters. The molecule has 0 amide bonds. The van der Waals surface area contributed by atoms with Gasteiger partial charge in [-0.3, -0.25) is 5.41 Å². The summed E-state index contributed by atoms with van der Waals surface area (Å²) < 4.78 is 47.7. The minimum Gasteiger partial charge on any atom is -0.493 e. The molecule has 1 rings (SSSR count). The fraction of sp³-hybridized carbons (Fsp3) is 0.417. The SMILES string of the molecule is CCOC(=N)c1ccc(C(F)(F)F)cc1OCC. The van der Waals surface area contributed by atoms with Crippen LogP contribution < -0.4 is 4.74 Å². The van der Waals surface area contributed by atoms with Gasteiger partial charge in [0.25, 0.3) is 0 Å². The Bertz CT molecular complexity index is 430. The average Bonchev–Trinajstić information content (AvgIpc) is 2.28. The second-order valence-electron chi connectivity index (χ2n) is 3.40. The molecule has 0 aliphatic heterocycles. The van der Waals surface area contributed by atoms with Gasteiger partial charge in [-0.15, -0.1) is 0 Å². The lowest BCUT2D eigenvalue weighted by atomic mass is 10.1. The number of alkyl halides is 3. The van der Waals surface area contributed by atoms with Crippen LogP contribution in [0.15, 0.2) is 18.2 Å². The lowest BCUT2D eigenvalue weighted by molar-refractivity contribution is -0.137. The number of nitrogens with one attached hydrogen (secondary N) is 1. The van der Waals surface area contributed by atoms with Crippen LogP contribution in [0.4, 0.5) is 13.2 Å². The van der Waals surface area contributed by atoms with E-state index in [1.165, 1.54) is 6.07 Å². The molecule has 0 fully saturated rings. The van der Waals surface area contributed by atoms with Gasteiger partial charge >= 0.3 is 6.18 Å². The predicted molar refractivity (Wildman–Crippen MR) is 61.1 cm³/mol. The van der Waals surface area contributed by atoms with Crippen LogP contribution in [-0.4, -0.2) is 19.1 Å². The van der Waals surface area contributed by atoms with Crippen LogP contribution in [0.2, 0.25) is 0 Å². The number of rotatable bonds is 4. The van der Waals surface area contributed by atoms with Gasteiger partial charge in [-0.1, -0.05) is 0 Å². The van der Waals surface area contributed by atoms with E-state index in [1.54, 1.807) is 13.8 Å². The summed E-state index contributed by atoms with van der Waals surface area (Å²) >= 11 is 0. The van der Waals surface area contributed by atoms with Crippen LogP contribution in [0, 0.1) is 5.41 Å². The summed E-state index contributed by atoms with van der Waals surface area (Å²) in [5.41, 5.74) is -0.592. The molecular weight excluding hydrogens is 247 g/mol. The molecule has 0 saturated heterocycles. The Morgan fingerprint density at radius 2 is 1.89 bits per heavy atom. The molecule has 0 unspecified atom stereocenters. The van der Waals surface area contributed by atoms with Crippen LogP contribution >= 0.6 is 0 Å². The van der Waals surface area contributed by atoms with Gasteiger partial charge in [0.1, 0.15) is 5.75 Å². The molecule has 0 aliphatic rings. The zero-order chi connectivity index (χ0) is 13.8. The van der Waals surface area contributed by atoms with Crippen LogP contribution in [0.25, 0.3) is 0 Å². The molecule has 18 heavy (non-hydrogen) atoms. The van der Waals surface area contributed by atoms with E-state index in [2.05, 4.69) is 0 Å². The van der Waals surface area contributed by atoms with Crippen molar-refractivity contribution in [1.29, 1.82) is 5.41 Å². The average molecular weight is 261 g/mol. The maximum absolute atomic E-state index is 12.5. The first-order valence-electron chi connectivity index (χ1n) is 5.45. The minimum absolute atomic E-state index is 0.00535. The lowest BCUT2D eigenvalue weighted by Crippen LogP contribution is -2.11. The standard InChI is InChI=1S/C12H14F3NO2/c1-3-17-10-7-8(12(13,14)15)5-6-9(10)11(16)18-4-2/h5-7,16H,3-4H2,1-2H3. The quantitative estimate of drug-likeness (QED) is 0.666.